The van der Waals surface area contributed by atoms with Gasteiger partial charge in [-0.05, 0) is 31.2 Å². The fraction of sp³-hybridized carbons (Fsp3) is 1.00. The molecular weight excluding hydrogens is 191 g/mol. The predicted octanol–water partition coefficient (Wildman–Crippen LogP) is 3.11. The number of halogens is 3. The van der Waals surface area contributed by atoms with Gasteiger partial charge in [-0.15, -0.1) is 0 Å². The van der Waals surface area contributed by atoms with Crippen LogP contribution in [0.5, 0.6) is 0 Å². The standard InChI is InChI=1S/C10H18F3N/c1-9(4-2-5-9)8-14-7-3-6-10(11,12)13/h14H,2-8H2,1H3. The minimum atomic E-state index is -4.00. The van der Waals surface area contributed by atoms with Gasteiger partial charge in [0.1, 0.15) is 0 Å². The predicted molar refractivity (Wildman–Crippen MR) is 50.1 cm³/mol. The monoisotopic (exact) mass is 209 g/mol. The Hall–Kier alpha value is -0.250. The van der Waals surface area contributed by atoms with Gasteiger partial charge in [0, 0.05) is 13.0 Å². The topological polar surface area (TPSA) is 12.0 Å². The van der Waals surface area contributed by atoms with Crippen molar-refractivity contribution in [1.29, 1.82) is 0 Å². The third-order valence-electron chi connectivity index (χ3n) is 2.93. The van der Waals surface area contributed by atoms with Crippen molar-refractivity contribution in [2.75, 3.05) is 13.1 Å². The summed E-state index contributed by atoms with van der Waals surface area (Å²) in [5.41, 5.74) is 0.359. The largest absolute Gasteiger partial charge is 0.389 e. The van der Waals surface area contributed by atoms with Gasteiger partial charge in [-0.2, -0.15) is 13.2 Å². The molecule has 0 aliphatic heterocycles. The van der Waals surface area contributed by atoms with E-state index in [4.69, 9.17) is 0 Å². The number of nitrogens with one attached hydrogen (secondary N) is 1. The van der Waals surface area contributed by atoms with E-state index in [2.05, 4.69) is 12.2 Å². The minimum absolute atomic E-state index is 0.194. The van der Waals surface area contributed by atoms with Gasteiger partial charge < -0.3 is 5.32 Å². The average molecular weight is 209 g/mol. The second-order valence-electron chi connectivity index (χ2n) is 4.56. The number of hydrogen-bond acceptors (Lipinski definition) is 1. The maximum Gasteiger partial charge on any atom is 0.389 e. The summed E-state index contributed by atoms with van der Waals surface area (Å²) in [7, 11) is 0. The summed E-state index contributed by atoms with van der Waals surface area (Å²) < 4.78 is 35.3. The van der Waals surface area contributed by atoms with Gasteiger partial charge in [0.05, 0.1) is 0 Å². The molecule has 0 spiro atoms. The molecule has 84 valence electrons. The third kappa shape index (κ3) is 4.31. The molecule has 0 heterocycles. The third-order valence-corrected chi connectivity index (χ3v) is 2.93. The van der Waals surface area contributed by atoms with E-state index in [1.807, 2.05) is 0 Å². The van der Waals surface area contributed by atoms with Crippen molar-refractivity contribution in [3.63, 3.8) is 0 Å². The van der Waals surface area contributed by atoms with Gasteiger partial charge in [-0.3, -0.25) is 0 Å². The van der Waals surface area contributed by atoms with Crippen LogP contribution in [-0.2, 0) is 0 Å². The van der Waals surface area contributed by atoms with Crippen LogP contribution in [0.2, 0.25) is 0 Å². The highest BCUT2D eigenvalue weighted by Crippen LogP contribution is 2.39. The number of alkyl halides is 3. The fourth-order valence-electron chi connectivity index (χ4n) is 1.76. The molecule has 0 aromatic rings. The summed E-state index contributed by atoms with van der Waals surface area (Å²) in [5.74, 6) is 0. The van der Waals surface area contributed by atoms with Crippen LogP contribution in [0.3, 0.4) is 0 Å². The molecule has 14 heavy (non-hydrogen) atoms. The first-order chi connectivity index (χ1) is 6.41. The molecular formula is C10H18F3N. The summed E-state index contributed by atoms with van der Waals surface area (Å²) in [4.78, 5) is 0. The second-order valence-corrected chi connectivity index (χ2v) is 4.56. The van der Waals surface area contributed by atoms with Crippen LogP contribution in [0.15, 0.2) is 0 Å². The first-order valence-electron chi connectivity index (χ1n) is 5.19. The van der Waals surface area contributed by atoms with E-state index in [9.17, 15) is 13.2 Å². The molecule has 1 N–H and O–H groups in total. The van der Waals surface area contributed by atoms with Crippen LogP contribution in [0, 0.1) is 5.41 Å². The molecule has 0 aromatic heterocycles. The smallest absolute Gasteiger partial charge is 0.316 e. The zero-order valence-corrected chi connectivity index (χ0v) is 8.58. The summed E-state index contributed by atoms with van der Waals surface area (Å²) in [6, 6.07) is 0. The van der Waals surface area contributed by atoms with E-state index >= 15 is 0 Å². The number of rotatable bonds is 5. The first-order valence-corrected chi connectivity index (χ1v) is 5.19. The normalized spacial score (nSPS) is 20.6. The van der Waals surface area contributed by atoms with E-state index in [1.54, 1.807) is 0 Å². The molecule has 0 amide bonds. The highest BCUT2D eigenvalue weighted by Gasteiger charge is 2.31. The Kier molecular flexibility index (Phi) is 3.81. The van der Waals surface area contributed by atoms with Gasteiger partial charge in [0.25, 0.3) is 0 Å². The average Bonchev–Trinajstić information content (AvgIpc) is 1.98. The zero-order chi connectivity index (χ0) is 10.7. The Morgan fingerprint density at radius 2 is 1.93 bits per heavy atom. The van der Waals surface area contributed by atoms with Crippen LogP contribution >= 0.6 is 0 Å². The molecule has 1 rings (SSSR count). The lowest BCUT2D eigenvalue weighted by molar-refractivity contribution is -0.135. The molecule has 0 bridgehead atoms. The van der Waals surface area contributed by atoms with Crippen molar-refractivity contribution < 1.29 is 13.2 Å². The lowest BCUT2D eigenvalue weighted by Gasteiger charge is -2.38. The van der Waals surface area contributed by atoms with E-state index in [-0.39, 0.29) is 6.42 Å². The molecule has 1 fully saturated rings. The fourth-order valence-corrected chi connectivity index (χ4v) is 1.76. The second kappa shape index (κ2) is 4.51. The van der Waals surface area contributed by atoms with Crippen molar-refractivity contribution in [3.05, 3.63) is 0 Å². The summed E-state index contributed by atoms with van der Waals surface area (Å²) in [5, 5.41) is 3.10. The van der Waals surface area contributed by atoms with Crippen molar-refractivity contribution in [2.24, 2.45) is 5.41 Å². The number of hydrogen-bond donors (Lipinski definition) is 1. The minimum Gasteiger partial charge on any atom is -0.316 e. The Morgan fingerprint density at radius 1 is 1.29 bits per heavy atom. The molecule has 0 unspecified atom stereocenters. The van der Waals surface area contributed by atoms with Crippen LogP contribution in [0.4, 0.5) is 13.2 Å². The van der Waals surface area contributed by atoms with Gasteiger partial charge in [-0.1, -0.05) is 13.3 Å². The van der Waals surface area contributed by atoms with Gasteiger partial charge >= 0.3 is 6.18 Å². The first kappa shape index (κ1) is 11.8. The van der Waals surface area contributed by atoms with Crippen LogP contribution in [0.1, 0.15) is 39.0 Å². The van der Waals surface area contributed by atoms with E-state index in [0.717, 1.165) is 6.54 Å². The van der Waals surface area contributed by atoms with Crippen LogP contribution < -0.4 is 5.32 Å². The molecule has 0 saturated heterocycles. The highest BCUT2D eigenvalue weighted by atomic mass is 19.4. The van der Waals surface area contributed by atoms with Crippen molar-refractivity contribution in [2.45, 2.75) is 45.2 Å². The van der Waals surface area contributed by atoms with Crippen molar-refractivity contribution >= 4 is 0 Å². The maximum atomic E-state index is 11.8. The maximum absolute atomic E-state index is 11.8. The van der Waals surface area contributed by atoms with Crippen LogP contribution in [0.25, 0.3) is 0 Å². The Morgan fingerprint density at radius 3 is 2.36 bits per heavy atom. The Balaban J connectivity index is 1.94. The van der Waals surface area contributed by atoms with Crippen LogP contribution in [-0.4, -0.2) is 19.3 Å². The molecule has 4 heteroatoms. The van der Waals surface area contributed by atoms with Gasteiger partial charge in [0.2, 0.25) is 0 Å². The summed E-state index contributed by atoms with van der Waals surface area (Å²) in [6.45, 7) is 3.53. The molecule has 1 aliphatic carbocycles. The molecule has 1 saturated carbocycles. The highest BCUT2D eigenvalue weighted by molar-refractivity contribution is 4.84. The molecule has 0 aromatic carbocycles. The molecule has 0 radical (unpaired) electrons. The summed E-state index contributed by atoms with van der Waals surface area (Å²) in [6.07, 6.45) is -0.794. The molecule has 0 atom stereocenters. The summed E-state index contributed by atoms with van der Waals surface area (Å²) >= 11 is 0. The zero-order valence-electron chi connectivity index (χ0n) is 8.58. The molecule has 1 nitrogen and oxygen atoms in total. The SMILES string of the molecule is CC1(CNCCCC(F)(F)F)CCC1. The van der Waals surface area contributed by atoms with Gasteiger partial charge in [0.15, 0.2) is 0 Å². The lowest BCUT2D eigenvalue weighted by Crippen LogP contribution is -2.37. The van der Waals surface area contributed by atoms with Crippen molar-refractivity contribution in [1.82, 2.24) is 5.32 Å². The Bertz CT molecular complexity index is 173. The quantitative estimate of drug-likeness (QED) is 0.686. The lowest BCUT2D eigenvalue weighted by atomic mass is 9.70. The van der Waals surface area contributed by atoms with E-state index in [1.165, 1.54) is 19.3 Å². The molecule has 1 aliphatic rings. The van der Waals surface area contributed by atoms with E-state index < -0.39 is 12.6 Å². The van der Waals surface area contributed by atoms with E-state index in [0.29, 0.717) is 12.0 Å². The Labute approximate surface area is 83.1 Å². The van der Waals surface area contributed by atoms with Gasteiger partial charge in [-0.25, -0.2) is 0 Å². The van der Waals surface area contributed by atoms with Crippen molar-refractivity contribution in [3.8, 4) is 0 Å².